The SMILES string of the molecule is CCCOc1ccccc1OCC(=O)Nc1cccc(S(=O)(=O)NC2=NCCC2)c1. The zero-order chi connectivity index (χ0) is 21.4. The predicted molar refractivity (Wildman–Crippen MR) is 115 cm³/mol. The lowest BCUT2D eigenvalue weighted by Crippen LogP contribution is -2.29. The number of anilines is 1. The number of para-hydroxylation sites is 2. The fourth-order valence-electron chi connectivity index (χ4n) is 2.82. The Morgan fingerprint density at radius 2 is 1.87 bits per heavy atom. The first kappa shape index (κ1) is 21.6. The summed E-state index contributed by atoms with van der Waals surface area (Å²) in [5.74, 6) is 1.09. The van der Waals surface area contributed by atoms with Crippen molar-refractivity contribution in [1.82, 2.24) is 4.72 Å². The first-order chi connectivity index (χ1) is 14.5. The van der Waals surface area contributed by atoms with Gasteiger partial charge in [-0.25, -0.2) is 8.42 Å². The number of amidine groups is 1. The normalized spacial score (nSPS) is 13.4. The highest BCUT2D eigenvalue weighted by molar-refractivity contribution is 7.90. The standard InChI is InChI=1S/C21H25N3O5S/c1-2-13-28-18-9-3-4-10-19(18)29-15-21(25)23-16-7-5-8-17(14-16)30(26,27)24-20-11-6-12-22-20/h3-5,7-10,14H,2,6,11-13,15H2,1H3,(H,22,24)(H,23,25). The summed E-state index contributed by atoms with van der Waals surface area (Å²) >= 11 is 0. The van der Waals surface area contributed by atoms with Crippen molar-refractivity contribution < 1.29 is 22.7 Å². The number of aliphatic imine (C=N–C) groups is 1. The summed E-state index contributed by atoms with van der Waals surface area (Å²) in [6.07, 6.45) is 2.30. The highest BCUT2D eigenvalue weighted by atomic mass is 32.2. The van der Waals surface area contributed by atoms with Gasteiger partial charge in [-0.05, 0) is 43.2 Å². The van der Waals surface area contributed by atoms with Gasteiger partial charge in [0.15, 0.2) is 18.1 Å². The van der Waals surface area contributed by atoms with Crippen molar-refractivity contribution in [3.8, 4) is 11.5 Å². The zero-order valence-electron chi connectivity index (χ0n) is 16.8. The topological polar surface area (TPSA) is 106 Å². The number of amides is 1. The van der Waals surface area contributed by atoms with E-state index in [2.05, 4.69) is 15.0 Å². The van der Waals surface area contributed by atoms with Gasteiger partial charge in [-0.15, -0.1) is 0 Å². The monoisotopic (exact) mass is 431 g/mol. The van der Waals surface area contributed by atoms with Gasteiger partial charge in [0.1, 0.15) is 5.84 Å². The van der Waals surface area contributed by atoms with E-state index < -0.39 is 15.9 Å². The van der Waals surface area contributed by atoms with E-state index >= 15 is 0 Å². The second-order valence-electron chi connectivity index (χ2n) is 6.70. The maximum atomic E-state index is 12.5. The van der Waals surface area contributed by atoms with E-state index in [9.17, 15) is 13.2 Å². The molecule has 0 unspecified atom stereocenters. The van der Waals surface area contributed by atoms with Crippen molar-refractivity contribution in [3.63, 3.8) is 0 Å². The van der Waals surface area contributed by atoms with Crippen molar-refractivity contribution in [3.05, 3.63) is 48.5 Å². The van der Waals surface area contributed by atoms with E-state index in [0.29, 0.717) is 42.6 Å². The van der Waals surface area contributed by atoms with Gasteiger partial charge in [0.2, 0.25) is 0 Å². The summed E-state index contributed by atoms with van der Waals surface area (Å²) in [5, 5.41) is 2.65. The van der Waals surface area contributed by atoms with Crippen molar-refractivity contribution in [1.29, 1.82) is 0 Å². The lowest BCUT2D eigenvalue weighted by molar-refractivity contribution is -0.118. The lowest BCUT2D eigenvalue weighted by Gasteiger charge is -2.13. The number of sulfonamides is 1. The minimum atomic E-state index is -3.75. The molecule has 1 heterocycles. The Hall–Kier alpha value is -3.07. The molecule has 2 aromatic rings. The minimum Gasteiger partial charge on any atom is -0.490 e. The van der Waals surface area contributed by atoms with Crippen LogP contribution in [0.15, 0.2) is 58.4 Å². The average Bonchev–Trinajstić information content (AvgIpc) is 3.24. The number of carbonyl (C=O) groups is 1. The molecule has 0 saturated heterocycles. The maximum absolute atomic E-state index is 12.5. The van der Waals surface area contributed by atoms with Crippen LogP contribution in [0.2, 0.25) is 0 Å². The molecule has 2 N–H and O–H groups in total. The number of rotatable bonds is 9. The quantitative estimate of drug-likeness (QED) is 0.635. The van der Waals surface area contributed by atoms with E-state index in [-0.39, 0.29) is 11.5 Å². The maximum Gasteiger partial charge on any atom is 0.262 e. The molecule has 0 bridgehead atoms. The molecule has 1 aliphatic rings. The Bertz CT molecular complexity index is 1020. The second-order valence-corrected chi connectivity index (χ2v) is 8.38. The Labute approximate surface area is 176 Å². The molecule has 0 radical (unpaired) electrons. The van der Waals surface area contributed by atoms with E-state index in [1.54, 1.807) is 30.3 Å². The van der Waals surface area contributed by atoms with Crippen LogP contribution in [0.1, 0.15) is 26.2 Å². The molecule has 160 valence electrons. The van der Waals surface area contributed by atoms with Gasteiger partial charge < -0.3 is 14.8 Å². The summed E-state index contributed by atoms with van der Waals surface area (Å²) in [6, 6.07) is 13.2. The van der Waals surface area contributed by atoms with Crippen molar-refractivity contribution in [2.24, 2.45) is 4.99 Å². The van der Waals surface area contributed by atoms with Crippen LogP contribution in [0.3, 0.4) is 0 Å². The van der Waals surface area contributed by atoms with Gasteiger partial charge in [-0.3, -0.25) is 14.5 Å². The molecular formula is C21H25N3O5S. The van der Waals surface area contributed by atoms with Gasteiger partial charge in [0.25, 0.3) is 15.9 Å². The fourth-order valence-corrected chi connectivity index (χ4v) is 3.95. The highest BCUT2D eigenvalue weighted by Gasteiger charge is 2.19. The third kappa shape index (κ3) is 5.96. The minimum absolute atomic E-state index is 0.0501. The fraction of sp³-hybridized carbons (Fsp3) is 0.333. The largest absolute Gasteiger partial charge is 0.490 e. The summed E-state index contributed by atoms with van der Waals surface area (Å²) in [4.78, 5) is 16.5. The molecule has 0 fully saturated rings. The highest BCUT2D eigenvalue weighted by Crippen LogP contribution is 2.26. The van der Waals surface area contributed by atoms with Crippen LogP contribution in [-0.4, -0.2) is 39.9 Å². The number of benzene rings is 2. The van der Waals surface area contributed by atoms with Crippen LogP contribution < -0.4 is 19.5 Å². The van der Waals surface area contributed by atoms with E-state index in [0.717, 1.165) is 12.8 Å². The van der Waals surface area contributed by atoms with Crippen molar-refractivity contribution >= 4 is 27.5 Å². The summed E-state index contributed by atoms with van der Waals surface area (Å²) < 4.78 is 38.7. The van der Waals surface area contributed by atoms with E-state index in [4.69, 9.17) is 9.47 Å². The summed E-state index contributed by atoms with van der Waals surface area (Å²) in [7, 11) is -3.75. The molecule has 0 aromatic heterocycles. The predicted octanol–water partition coefficient (Wildman–Crippen LogP) is 2.96. The van der Waals surface area contributed by atoms with E-state index in [1.165, 1.54) is 12.1 Å². The summed E-state index contributed by atoms with van der Waals surface area (Å²) in [5.41, 5.74) is 0.357. The molecule has 0 spiro atoms. The van der Waals surface area contributed by atoms with Gasteiger partial charge in [0.05, 0.1) is 11.5 Å². The van der Waals surface area contributed by atoms with E-state index in [1.807, 2.05) is 13.0 Å². The Kier molecular flexibility index (Phi) is 7.29. The van der Waals surface area contributed by atoms with Crippen LogP contribution in [0.5, 0.6) is 11.5 Å². The van der Waals surface area contributed by atoms with Crippen LogP contribution in [0, 0.1) is 0 Å². The van der Waals surface area contributed by atoms with Gasteiger partial charge >= 0.3 is 0 Å². The smallest absolute Gasteiger partial charge is 0.262 e. The molecule has 9 heteroatoms. The zero-order valence-corrected chi connectivity index (χ0v) is 17.6. The molecule has 8 nitrogen and oxygen atoms in total. The number of hydrogen-bond acceptors (Lipinski definition) is 6. The van der Waals surface area contributed by atoms with Crippen LogP contribution >= 0.6 is 0 Å². The molecular weight excluding hydrogens is 406 g/mol. The second kappa shape index (κ2) is 10.1. The number of hydrogen-bond donors (Lipinski definition) is 2. The number of ether oxygens (including phenoxy) is 2. The molecule has 1 amide bonds. The average molecular weight is 432 g/mol. The first-order valence-corrected chi connectivity index (χ1v) is 11.3. The van der Waals surface area contributed by atoms with Gasteiger partial charge in [-0.1, -0.05) is 25.1 Å². The number of carbonyl (C=O) groups excluding carboxylic acids is 1. The van der Waals surface area contributed by atoms with Crippen LogP contribution in [0.25, 0.3) is 0 Å². The molecule has 3 rings (SSSR count). The van der Waals surface area contributed by atoms with Crippen molar-refractivity contribution in [2.45, 2.75) is 31.1 Å². The Morgan fingerprint density at radius 3 is 2.57 bits per heavy atom. The Morgan fingerprint density at radius 1 is 1.10 bits per heavy atom. The molecule has 1 aliphatic heterocycles. The van der Waals surface area contributed by atoms with Crippen LogP contribution in [-0.2, 0) is 14.8 Å². The van der Waals surface area contributed by atoms with Crippen LogP contribution in [0.4, 0.5) is 5.69 Å². The molecule has 2 aromatic carbocycles. The Balaban J connectivity index is 1.60. The number of nitrogens with one attached hydrogen (secondary N) is 2. The van der Waals surface area contributed by atoms with Gasteiger partial charge in [-0.2, -0.15) is 0 Å². The third-order valence-corrected chi connectivity index (χ3v) is 5.60. The molecule has 30 heavy (non-hydrogen) atoms. The lowest BCUT2D eigenvalue weighted by atomic mass is 10.3. The number of nitrogens with zero attached hydrogens (tertiary/aromatic N) is 1. The van der Waals surface area contributed by atoms with Crippen molar-refractivity contribution in [2.75, 3.05) is 25.1 Å². The summed E-state index contributed by atoms with van der Waals surface area (Å²) in [6.45, 7) is 2.94. The molecule has 0 atom stereocenters. The first-order valence-electron chi connectivity index (χ1n) is 9.78. The van der Waals surface area contributed by atoms with Gasteiger partial charge in [0, 0.05) is 18.7 Å². The molecule has 0 saturated carbocycles. The molecule has 0 aliphatic carbocycles. The third-order valence-electron chi connectivity index (χ3n) is 4.22.